The summed E-state index contributed by atoms with van der Waals surface area (Å²) in [5, 5.41) is 38.4. The number of thiol groups is 1. The number of carboxylic acid groups (broad SMARTS) is 3. The highest BCUT2D eigenvalue weighted by Gasteiger charge is 2.38. The number of nitrogens with one attached hydrogen (secondary N) is 4. The number of rotatable bonds is 19. The van der Waals surface area contributed by atoms with Crippen LogP contribution in [-0.2, 0) is 33.6 Å². The Morgan fingerprint density at radius 3 is 1.68 bits per heavy atom. The lowest BCUT2D eigenvalue weighted by atomic mass is 9.83. The Bertz CT molecular complexity index is 1450. The standard InChI is InChI=1S/C35H44N4O10S/c40-26(17-19-28(43)44)38-31(29(21-10-4-1-5-11-21)22-12-6-2-7-13-22)34(47)36-24(16-18-27(41)42)32(45)39-30(23-14-8-3-9-15-23)33(46)37-25(20-50)35(48)49/h1-2,4-7,10-13,23-25,29-31,50H,3,8-9,14-20H2,(H,36,47)(H,37,46)(H,38,40)(H,39,45)(H,41,42)(H,43,44)(H,48,49)/t24-,25-,30-,31-/m0/s1. The predicted octanol–water partition coefficient (Wildman–Crippen LogP) is 2.08. The largest absolute Gasteiger partial charge is 0.481 e. The molecule has 14 nitrogen and oxygen atoms in total. The van der Waals surface area contributed by atoms with Gasteiger partial charge in [-0.1, -0.05) is 79.9 Å². The Morgan fingerprint density at radius 1 is 0.640 bits per heavy atom. The van der Waals surface area contributed by atoms with E-state index < -0.39 is 90.9 Å². The fourth-order valence-electron chi connectivity index (χ4n) is 6.03. The molecule has 15 heteroatoms. The first-order valence-electron chi connectivity index (χ1n) is 16.5. The summed E-state index contributed by atoms with van der Waals surface area (Å²) in [6.07, 6.45) is 1.80. The summed E-state index contributed by atoms with van der Waals surface area (Å²) in [4.78, 5) is 89.0. The number of aliphatic carboxylic acids is 3. The fourth-order valence-corrected chi connectivity index (χ4v) is 6.28. The second-order valence-corrected chi connectivity index (χ2v) is 12.6. The van der Waals surface area contributed by atoms with Crippen LogP contribution in [0.1, 0.15) is 74.8 Å². The van der Waals surface area contributed by atoms with Crippen molar-refractivity contribution in [2.45, 2.75) is 87.9 Å². The van der Waals surface area contributed by atoms with E-state index in [0.29, 0.717) is 24.0 Å². The van der Waals surface area contributed by atoms with Gasteiger partial charge in [-0.2, -0.15) is 12.6 Å². The normalized spacial score (nSPS) is 15.5. The van der Waals surface area contributed by atoms with Gasteiger partial charge in [-0.15, -0.1) is 0 Å². The van der Waals surface area contributed by atoms with Crippen molar-refractivity contribution in [1.82, 2.24) is 21.3 Å². The van der Waals surface area contributed by atoms with E-state index >= 15 is 0 Å². The average Bonchev–Trinajstić information content (AvgIpc) is 3.10. The number of carboxylic acids is 3. The van der Waals surface area contributed by atoms with Crippen LogP contribution in [0.15, 0.2) is 60.7 Å². The molecular formula is C35H44N4O10S. The van der Waals surface area contributed by atoms with Crippen LogP contribution < -0.4 is 21.3 Å². The van der Waals surface area contributed by atoms with Crippen LogP contribution >= 0.6 is 12.6 Å². The minimum Gasteiger partial charge on any atom is -0.481 e. The molecular weight excluding hydrogens is 668 g/mol. The van der Waals surface area contributed by atoms with Gasteiger partial charge in [-0.3, -0.25) is 28.8 Å². The number of carbonyl (C=O) groups excluding carboxylic acids is 4. The molecule has 7 N–H and O–H groups in total. The molecule has 0 spiro atoms. The molecule has 1 fully saturated rings. The monoisotopic (exact) mass is 712 g/mol. The smallest absolute Gasteiger partial charge is 0.327 e. The van der Waals surface area contributed by atoms with Crippen molar-refractivity contribution in [2.24, 2.45) is 5.92 Å². The van der Waals surface area contributed by atoms with Crippen molar-refractivity contribution < 1.29 is 48.9 Å². The van der Waals surface area contributed by atoms with E-state index in [1.165, 1.54) is 0 Å². The zero-order chi connectivity index (χ0) is 36.6. The number of carbonyl (C=O) groups is 7. The van der Waals surface area contributed by atoms with Gasteiger partial charge in [0, 0.05) is 24.5 Å². The molecule has 3 rings (SSSR count). The molecule has 0 unspecified atom stereocenters. The Balaban J connectivity index is 1.98. The van der Waals surface area contributed by atoms with Gasteiger partial charge in [0.15, 0.2) is 0 Å². The molecule has 2 aromatic rings. The Morgan fingerprint density at radius 2 is 1.18 bits per heavy atom. The minimum atomic E-state index is -1.48. The summed E-state index contributed by atoms with van der Waals surface area (Å²) in [6, 6.07) is 12.1. The van der Waals surface area contributed by atoms with Crippen LogP contribution in [0, 0.1) is 5.92 Å². The number of hydrogen-bond donors (Lipinski definition) is 8. The Hall–Kier alpha value is -4.92. The van der Waals surface area contributed by atoms with Gasteiger partial charge in [0.05, 0.1) is 6.42 Å². The van der Waals surface area contributed by atoms with Crippen LogP contribution in [0.4, 0.5) is 0 Å². The summed E-state index contributed by atoms with van der Waals surface area (Å²) in [5.41, 5.74) is 1.24. The van der Waals surface area contributed by atoms with E-state index in [4.69, 9.17) is 5.11 Å². The number of amides is 4. The quantitative estimate of drug-likeness (QED) is 0.0989. The lowest BCUT2D eigenvalue weighted by Gasteiger charge is -2.33. The average molecular weight is 713 g/mol. The summed E-state index contributed by atoms with van der Waals surface area (Å²) in [5.74, 6) is -8.33. The van der Waals surface area contributed by atoms with E-state index in [-0.39, 0.29) is 18.1 Å². The fraction of sp³-hybridized carbons (Fsp3) is 0.457. The van der Waals surface area contributed by atoms with Crippen molar-refractivity contribution in [3.05, 3.63) is 71.8 Å². The zero-order valence-electron chi connectivity index (χ0n) is 27.5. The van der Waals surface area contributed by atoms with E-state index in [9.17, 15) is 43.8 Å². The summed E-state index contributed by atoms with van der Waals surface area (Å²) < 4.78 is 0. The third-order valence-corrected chi connectivity index (χ3v) is 8.96. The van der Waals surface area contributed by atoms with E-state index in [0.717, 1.165) is 19.3 Å². The van der Waals surface area contributed by atoms with Crippen LogP contribution in [0.3, 0.4) is 0 Å². The lowest BCUT2D eigenvalue weighted by molar-refractivity contribution is -0.142. The van der Waals surface area contributed by atoms with Crippen molar-refractivity contribution in [3.8, 4) is 0 Å². The molecule has 0 heterocycles. The third-order valence-electron chi connectivity index (χ3n) is 8.59. The highest BCUT2D eigenvalue weighted by Crippen LogP contribution is 2.29. The molecule has 50 heavy (non-hydrogen) atoms. The first kappa shape index (κ1) is 39.5. The van der Waals surface area contributed by atoms with Gasteiger partial charge < -0.3 is 36.6 Å². The molecule has 0 aliphatic heterocycles. The van der Waals surface area contributed by atoms with E-state index in [1.54, 1.807) is 60.7 Å². The predicted molar refractivity (Wildman–Crippen MR) is 184 cm³/mol. The zero-order valence-corrected chi connectivity index (χ0v) is 28.3. The number of benzene rings is 2. The van der Waals surface area contributed by atoms with Crippen LogP contribution in [-0.4, -0.2) is 86.8 Å². The molecule has 0 bridgehead atoms. The maximum absolute atomic E-state index is 14.2. The number of hydrogen-bond acceptors (Lipinski definition) is 8. The minimum absolute atomic E-state index is 0.201. The van der Waals surface area contributed by atoms with Crippen molar-refractivity contribution in [2.75, 3.05) is 5.75 Å². The molecule has 0 radical (unpaired) electrons. The summed E-state index contributed by atoms with van der Waals surface area (Å²) in [6.45, 7) is 0. The first-order chi connectivity index (χ1) is 23.9. The molecule has 270 valence electrons. The molecule has 4 atom stereocenters. The summed E-state index contributed by atoms with van der Waals surface area (Å²) in [7, 11) is 0. The van der Waals surface area contributed by atoms with Crippen LogP contribution in [0.5, 0.6) is 0 Å². The first-order valence-corrected chi connectivity index (χ1v) is 17.1. The van der Waals surface area contributed by atoms with E-state index in [1.807, 2.05) is 0 Å². The van der Waals surface area contributed by atoms with Gasteiger partial charge in [-0.25, -0.2) is 4.79 Å². The van der Waals surface area contributed by atoms with Gasteiger partial charge in [0.2, 0.25) is 23.6 Å². The van der Waals surface area contributed by atoms with Crippen molar-refractivity contribution in [1.29, 1.82) is 0 Å². The Kier molecular flexibility index (Phi) is 15.7. The molecule has 1 saturated carbocycles. The molecule has 0 aromatic heterocycles. The van der Waals surface area contributed by atoms with Crippen LogP contribution in [0.25, 0.3) is 0 Å². The maximum Gasteiger partial charge on any atom is 0.327 e. The summed E-state index contributed by atoms with van der Waals surface area (Å²) >= 11 is 4.00. The molecule has 4 amide bonds. The Labute approximate surface area is 295 Å². The molecule has 1 aliphatic rings. The lowest BCUT2D eigenvalue weighted by Crippen LogP contribution is -2.60. The van der Waals surface area contributed by atoms with Crippen molar-refractivity contribution >= 4 is 54.2 Å². The topological polar surface area (TPSA) is 228 Å². The van der Waals surface area contributed by atoms with Gasteiger partial charge in [0.25, 0.3) is 0 Å². The highest BCUT2D eigenvalue weighted by molar-refractivity contribution is 7.80. The van der Waals surface area contributed by atoms with Gasteiger partial charge in [-0.05, 0) is 36.3 Å². The SMILES string of the molecule is O=C(O)CCC(=O)N[C@H](C(=O)N[C@@H](CCC(=O)O)C(=O)N[C@H](C(=O)N[C@@H](CS)C(=O)O)C1CCCCC1)C(c1ccccc1)c1ccccc1. The highest BCUT2D eigenvalue weighted by atomic mass is 32.1. The van der Waals surface area contributed by atoms with Crippen molar-refractivity contribution in [3.63, 3.8) is 0 Å². The van der Waals surface area contributed by atoms with Gasteiger partial charge >= 0.3 is 17.9 Å². The van der Waals surface area contributed by atoms with Crippen LogP contribution in [0.2, 0.25) is 0 Å². The van der Waals surface area contributed by atoms with Gasteiger partial charge in [0.1, 0.15) is 24.2 Å². The second-order valence-electron chi connectivity index (χ2n) is 12.2. The third kappa shape index (κ3) is 12.2. The maximum atomic E-state index is 14.2. The molecule has 0 saturated heterocycles. The molecule has 2 aromatic carbocycles. The van der Waals surface area contributed by atoms with E-state index in [2.05, 4.69) is 33.9 Å². The molecule has 1 aliphatic carbocycles. The second kappa shape index (κ2) is 19.9.